The molecule has 5 heterocycles. The van der Waals surface area contributed by atoms with Crippen molar-refractivity contribution in [2.24, 2.45) is 0 Å². The Balaban J connectivity index is 1.50. The zero-order valence-electron chi connectivity index (χ0n) is 19.8. The van der Waals surface area contributed by atoms with Crippen molar-refractivity contribution in [3.63, 3.8) is 0 Å². The zero-order chi connectivity index (χ0) is 24.9. The maximum absolute atomic E-state index is 13.3. The fourth-order valence-electron chi connectivity index (χ4n) is 4.74. The summed E-state index contributed by atoms with van der Waals surface area (Å²) < 4.78 is 41.0. The number of amides is 1. The van der Waals surface area contributed by atoms with Crippen LogP contribution in [0.3, 0.4) is 0 Å². The van der Waals surface area contributed by atoms with E-state index in [1.54, 1.807) is 30.2 Å². The zero-order valence-corrected chi connectivity index (χ0v) is 20.7. The molecule has 13 heteroatoms. The van der Waals surface area contributed by atoms with Gasteiger partial charge in [-0.25, -0.2) is 4.98 Å². The molecule has 5 rings (SSSR count). The number of aryl methyl sites for hydroxylation is 1. The highest BCUT2D eigenvalue weighted by Gasteiger charge is 2.40. The van der Waals surface area contributed by atoms with Gasteiger partial charge in [0.1, 0.15) is 10.6 Å². The quantitative estimate of drug-likeness (QED) is 0.523. The molecule has 3 aromatic heterocycles. The first-order chi connectivity index (χ1) is 16.7. The third-order valence-electron chi connectivity index (χ3n) is 6.71. The predicted octanol–water partition coefficient (Wildman–Crippen LogP) is 3.33. The lowest BCUT2D eigenvalue weighted by Crippen LogP contribution is -2.38. The van der Waals surface area contributed by atoms with E-state index in [0.29, 0.717) is 24.9 Å². The van der Waals surface area contributed by atoms with Gasteiger partial charge >= 0.3 is 6.18 Å². The average Bonchev–Trinajstić information content (AvgIpc) is 3.54. The number of likely N-dealkylation sites (N-methyl/N-ethyl adjacent to an activating group) is 1. The average molecular weight is 509 g/mol. The van der Waals surface area contributed by atoms with Crippen LogP contribution < -0.4 is 9.80 Å². The summed E-state index contributed by atoms with van der Waals surface area (Å²) in [7, 11) is 1.81. The highest BCUT2D eigenvalue weighted by molar-refractivity contribution is 7.18. The molecule has 0 bridgehead atoms. The summed E-state index contributed by atoms with van der Waals surface area (Å²) in [6.45, 7) is 5.70. The molecule has 2 aliphatic rings. The number of aromatic nitrogens is 5. The molecule has 0 aliphatic carbocycles. The molecule has 3 aromatic rings. The lowest BCUT2D eigenvalue weighted by molar-refractivity contribution is -0.147. The van der Waals surface area contributed by atoms with Gasteiger partial charge < -0.3 is 19.3 Å². The van der Waals surface area contributed by atoms with Crippen molar-refractivity contribution in [3.8, 4) is 0 Å². The van der Waals surface area contributed by atoms with Gasteiger partial charge in [-0.1, -0.05) is 13.3 Å². The first-order valence-electron chi connectivity index (χ1n) is 11.7. The summed E-state index contributed by atoms with van der Waals surface area (Å²) in [5.74, 6) is 0.617. The number of anilines is 2. The number of halogens is 3. The van der Waals surface area contributed by atoms with Gasteiger partial charge in [-0.15, -0.1) is 21.5 Å². The molecular weight excluding hydrogens is 481 g/mol. The molecule has 0 radical (unpaired) electrons. The number of hydrogen-bond donors (Lipinski definition) is 0. The van der Waals surface area contributed by atoms with Crippen LogP contribution in [-0.2, 0) is 30.5 Å². The first kappa shape index (κ1) is 23.8. The second-order valence-corrected chi connectivity index (χ2v) is 10.2. The van der Waals surface area contributed by atoms with Crippen LogP contribution in [0.1, 0.15) is 43.2 Å². The number of nitrogens with zero attached hydrogens (tertiary/aromatic N) is 8. The van der Waals surface area contributed by atoms with E-state index in [1.807, 2.05) is 4.90 Å². The number of carbonyl (C=O) groups is 1. The van der Waals surface area contributed by atoms with Gasteiger partial charge in [0.2, 0.25) is 17.7 Å². The van der Waals surface area contributed by atoms with Crippen molar-refractivity contribution in [3.05, 3.63) is 22.6 Å². The lowest BCUT2D eigenvalue weighted by atomic mass is 10.2. The van der Waals surface area contributed by atoms with Crippen molar-refractivity contribution in [2.75, 3.05) is 36.5 Å². The topological polar surface area (TPSA) is 83.3 Å². The number of carbonyl (C=O) groups excluding carboxylic acids is 1. The molecule has 0 N–H and O–H groups in total. The molecule has 188 valence electrons. The number of alkyl halides is 3. The fourth-order valence-corrected chi connectivity index (χ4v) is 5.86. The molecule has 1 saturated heterocycles. The standard InChI is InChI=1S/C22H27F3N8OS/c1-4-5-15-10-16-18(31-8-9-33-17(12-31)28-29-20(33)22(23,24)25)26-21(27-19(16)35-15)32-7-6-14(11-32)30(3)13(2)34/h10,14H,4-9,11-12H2,1-3H3. The maximum atomic E-state index is 13.3. The minimum atomic E-state index is -4.54. The van der Waals surface area contributed by atoms with Gasteiger partial charge in [-0.05, 0) is 18.9 Å². The van der Waals surface area contributed by atoms with Crippen LogP contribution in [0.15, 0.2) is 6.07 Å². The predicted molar refractivity (Wildman–Crippen MR) is 127 cm³/mol. The van der Waals surface area contributed by atoms with Gasteiger partial charge in [0.25, 0.3) is 0 Å². The van der Waals surface area contributed by atoms with E-state index in [9.17, 15) is 18.0 Å². The van der Waals surface area contributed by atoms with Gasteiger partial charge in [-0.3, -0.25) is 4.79 Å². The molecule has 0 aromatic carbocycles. The van der Waals surface area contributed by atoms with E-state index in [4.69, 9.17) is 9.97 Å². The molecule has 9 nitrogen and oxygen atoms in total. The summed E-state index contributed by atoms with van der Waals surface area (Å²) in [6, 6.07) is 2.18. The molecule has 1 amide bonds. The van der Waals surface area contributed by atoms with Gasteiger partial charge in [0.05, 0.1) is 18.0 Å². The summed E-state index contributed by atoms with van der Waals surface area (Å²) in [4.78, 5) is 29.5. The van der Waals surface area contributed by atoms with Crippen LogP contribution in [0.2, 0.25) is 0 Å². The Morgan fingerprint density at radius 1 is 1.20 bits per heavy atom. The monoisotopic (exact) mass is 508 g/mol. The van der Waals surface area contributed by atoms with Crippen LogP contribution in [0.25, 0.3) is 10.2 Å². The van der Waals surface area contributed by atoms with Crippen LogP contribution >= 0.6 is 11.3 Å². The first-order valence-corrected chi connectivity index (χ1v) is 12.5. The van der Waals surface area contributed by atoms with E-state index in [-0.39, 0.29) is 30.9 Å². The van der Waals surface area contributed by atoms with Crippen LogP contribution in [0, 0.1) is 0 Å². The number of rotatable bonds is 5. The SMILES string of the molecule is CCCc1cc2c(N3CCn4c(nnc4C(F)(F)F)C3)nc(N3CCC(N(C)C(C)=O)C3)nc2s1. The smallest absolute Gasteiger partial charge is 0.347 e. The van der Waals surface area contributed by atoms with Crippen molar-refractivity contribution in [1.29, 1.82) is 0 Å². The second-order valence-electron chi connectivity index (χ2n) is 9.06. The Hall–Kier alpha value is -2.96. The van der Waals surface area contributed by atoms with Crippen molar-refractivity contribution < 1.29 is 18.0 Å². The normalized spacial score (nSPS) is 18.4. The molecule has 2 aliphatic heterocycles. The van der Waals surface area contributed by atoms with Crippen LogP contribution in [0.5, 0.6) is 0 Å². The van der Waals surface area contributed by atoms with Gasteiger partial charge in [-0.2, -0.15) is 18.2 Å². The molecule has 35 heavy (non-hydrogen) atoms. The van der Waals surface area contributed by atoms with Crippen LogP contribution in [0.4, 0.5) is 24.9 Å². The molecular formula is C22H27F3N8OS. The highest BCUT2D eigenvalue weighted by atomic mass is 32.1. The summed E-state index contributed by atoms with van der Waals surface area (Å²) in [5.41, 5.74) is 0. The van der Waals surface area contributed by atoms with Crippen molar-refractivity contribution in [1.82, 2.24) is 29.6 Å². The Morgan fingerprint density at radius 2 is 2.00 bits per heavy atom. The van der Waals surface area contributed by atoms with Crippen molar-refractivity contribution in [2.45, 2.75) is 58.4 Å². The maximum Gasteiger partial charge on any atom is 0.451 e. The minimum Gasteiger partial charge on any atom is -0.347 e. The lowest BCUT2D eigenvalue weighted by Gasteiger charge is -2.30. The molecule has 1 fully saturated rings. The number of thiophene rings is 1. The van der Waals surface area contributed by atoms with Gasteiger partial charge in [0, 0.05) is 45.0 Å². The molecule has 0 spiro atoms. The van der Waals surface area contributed by atoms with E-state index in [2.05, 4.69) is 28.1 Å². The number of fused-ring (bicyclic) bond motifs is 2. The Morgan fingerprint density at radius 3 is 2.71 bits per heavy atom. The summed E-state index contributed by atoms with van der Waals surface area (Å²) in [6.07, 6.45) is -1.79. The largest absolute Gasteiger partial charge is 0.451 e. The highest BCUT2D eigenvalue weighted by Crippen LogP contribution is 2.36. The second kappa shape index (κ2) is 8.92. The third-order valence-corrected chi connectivity index (χ3v) is 7.79. The summed E-state index contributed by atoms with van der Waals surface area (Å²) >= 11 is 1.63. The molecule has 1 atom stereocenters. The van der Waals surface area contributed by atoms with Crippen LogP contribution in [-0.4, -0.2) is 68.3 Å². The molecule has 0 saturated carbocycles. The summed E-state index contributed by atoms with van der Waals surface area (Å²) in [5, 5.41) is 8.13. The third kappa shape index (κ3) is 4.41. The van der Waals surface area contributed by atoms with E-state index in [1.165, 1.54) is 4.88 Å². The van der Waals surface area contributed by atoms with E-state index >= 15 is 0 Å². The number of hydrogen-bond acceptors (Lipinski definition) is 8. The van der Waals surface area contributed by atoms with E-state index < -0.39 is 12.0 Å². The Kier molecular flexibility index (Phi) is 6.06. The Labute approximate surface area is 204 Å². The Bertz CT molecular complexity index is 1260. The van der Waals surface area contributed by atoms with E-state index in [0.717, 1.165) is 40.6 Å². The fraction of sp³-hybridized carbons (Fsp3) is 0.591. The van der Waals surface area contributed by atoms with Gasteiger partial charge in [0.15, 0.2) is 5.82 Å². The minimum absolute atomic E-state index is 0.0204. The van der Waals surface area contributed by atoms with Crippen molar-refractivity contribution >= 4 is 39.2 Å². The molecule has 1 unspecified atom stereocenters.